The van der Waals surface area contributed by atoms with Crippen LogP contribution in [-0.2, 0) is 0 Å². The van der Waals surface area contributed by atoms with Crippen molar-refractivity contribution in [1.82, 2.24) is 0 Å². The van der Waals surface area contributed by atoms with Gasteiger partial charge >= 0.3 is 0 Å². The van der Waals surface area contributed by atoms with Gasteiger partial charge in [-0.15, -0.1) is 0 Å². The highest BCUT2D eigenvalue weighted by Gasteiger charge is 2.01. The quantitative estimate of drug-likeness (QED) is 0.758. The summed E-state index contributed by atoms with van der Waals surface area (Å²) in [6.45, 7) is 0.0754. The van der Waals surface area contributed by atoms with Crippen molar-refractivity contribution in [2.24, 2.45) is 0 Å². The van der Waals surface area contributed by atoms with Crippen LogP contribution in [0.25, 0.3) is 0 Å². The van der Waals surface area contributed by atoms with Gasteiger partial charge in [0.15, 0.2) is 11.6 Å². The van der Waals surface area contributed by atoms with Crippen LogP contribution in [0, 0.1) is 5.82 Å². The van der Waals surface area contributed by atoms with Gasteiger partial charge in [-0.05, 0) is 12.1 Å². The number of hydrogen-bond acceptors (Lipinski definition) is 1. The third kappa shape index (κ3) is 3.25. The standard InChI is InChI=1S/C9H7Cl2FO/c10-5-7(11)6-13-9-4-2-1-3-8(9)12/h1-5H,6H2/b7-5-. The van der Waals surface area contributed by atoms with E-state index in [0.29, 0.717) is 5.03 Å². The van der Waals surface area contributed by atoms with Gasteiger partial charge in [0, 0.05) is 5.54 Å². The molecule has 0 unspecified atom stereocenters. The molecule has 0 aliphatic carbocycles. The first-order valence-corrected chi connectivity index (χ1v) is 4.37. The number of halogens is 3. The van der Waals surface area contributed by atoms with Crippen LogP contribution in [0.5, 0.6) is 5.75 Å². The molecule has 0 bridgehead atoms. The van der Waals surface area contributed by atoms with E-state index in [1.165, 1.54) is 17.7 Å². The van der Waals surface area contributed by atoms with E-state index in [1.807, 2.05) is 0 Å². The van der Waals surface area contributed by atoms with E-state index >= 15 is 0 Å². The van der Waals surface area contributed by atoms with Crippen molar-refractivity contribution >= 4 is 23.2 Å². The smallest absolute Gasteiger partial charge is 0.165 e. The molecule has 4 heteroatoms. The molecular formula is C9H7Cl2FO. The summed E-state index contributed by atoms with van der Waals surface area (Å²) in [6.07, 6.45) is 0. The normalized spacial score (nSPS) is 11.5. The lowest BCUT2D eigenvalue weighted by Crippen LogP contribution is -1.98. The van der Waals surface area contributed by atoms with Crippen LogP contribution in [0.3, 0.4) is 0 Å². The molecule has 0 atom stereocenters. The molecule has 0 aromatic heterocycles. The van der Waals surface area contributed by atoms with Gasteiger partial charge in [0.2, 0.25) is 0 Å². The van der Waals surface area contributed by atoms with Crippen molar-refractivity contribution in [2.45, 2.75) is 0 Å². The molecule has 0 aliphatic heterocycles. The maximum absolute atomic E-state index is 12.9. The molecule has 0 aliphatic rings. The lowest BCUT2D eigenvalue weighted by atomic mass is 10.3. The Kier molecular flexibility index (Phi) is 4.06. The van der Waals surface area contributed by atoms with Crippen LogP contribution in [0.1, 0.15) is 0 Å². The van der Waals surface area contributed by atoms with E-state index < -0.39 is 5.82 Å². The number of hydrogen-bond donors (Lipinski definition) is 0. The lowest BCUT2D eigenvalue weighted by Gasteiger charge is -2.04. The van der Waals surface area contributed by atoms with Gasteiger partial charge in [-0.1, -0.05) is 35.3 Å². The third-order valence-electron chi connectivity index (χ3n) is 1.32. The molecule has 1 aromatic carbocycles. The van der Waals surface area contributed by atoms with Gasteiger partial charge in [0.05, 0.1) is 5.03 Å². The van der Waals surface area contributed by atoms with Crippen LogP contribution in [0.4, 0.5) is 4.39 Å². The number of para-hydroxylation sites is 1. The first kappa shape index (κ1) is 10.4. The van der Waals surface area contributed by atoms with E-state index in [0.717, 1.165) is 0 Å². The molecule has 0 amide bonds. The Balaban J connectivity index is 2.60. The Bertz CT molecular complexity index is 312. The van der Waals surface area contributed by atoms with Crippen molar-refractivity contribution in [2.75, 3.05) is 6.61 Å². The predicted molar refractivity (Wildman–Crippen MR) is 51.7 cm³/mol. The minimum atomic E-state index is -0.415. The molecule has 0 N–H and O–H groups in total. The van der Waals surface area contributed by atoms with Gasteiger partial charge in [-0.25, -0.2) is 4.39 Å². The summed E-state index contributed by atoms with van der Waals surface area (Å²) in [7, 11) is 0. The minimum Gasteiger partial charge on any atom is -0.485 e. The Morgan fingerprint density at radius 1 is 1.46 bits per heavy atom. The lowest BCUT2D eigenvalue weighted by molar-refractivity contribution is 0.338. The average Bonchev–Trinajstić information content (AvgIpc) is 2.16. The topological polar surface area (TPSA) is 9.23 Å². The van der Waals surface area contributed by atoms with Crippen molar-refractivity contribution in [3.63, 3.8) is 0 Å². The second kappa shape index (κ2) is 5.10. The zero-order valence-electron chi connectivity index (χ0n) is 6.64. The molecule has 1 rings (SSSR count). The van der Waals surface area contributed by atoms with Crippen molar-refractivity contribution in [3.8, 4) is 5.75 Å². The molecule has 70 valence electrons. The predicted octanol–water partition coefficient (Wildman–Crippen LogP) is 3.52. The molecule has 0 fully saturated rings. The molecule has 0 spiro atoms. The zero-order chi connectivity index (χ0) is 9.68. The van der Waals surface area contributed by atoms with Gasteiger partial charge in [0.25, 0.3) is 0 Å². The maximum atomic E-state index is 12.9. The molecule has 1 aromatic rings. The summed E-state index contributed by atoms with van der Waals surface area (Å²) in [5.74, 6) is -0.249. The first-order valence-electron chi connectivity index (χ1n) is 3.56. The van der Waals surface area contributed by atoms with Crippen molar-refractivity contribution < 1.29 is 9.13 Å². The van der Waals surface area contributed by atoms with Crippen LogP contribution in [0.15, 0.2) is 34.8 Å². The van der Waals surface area contributed by atoms with E-state index in [2.05, 4.69) is 0 Å². The fourth-order valence-electron chi connectivity index (χ4n) is 0.740. The van der Waals surface area contributed by atoms with Crippen LogP contribution >= 0.6 is 23.2 Å². The summed E-state index contributed by atoms with van der Waals surface area (Å²) >= 11 is 10.8. The molecule has 0 saturated heterocycles. The second-order valence-electron chi connectivity index (χ2n) is 2.28. The second-order valence-corrected chi connectivity index (χ2v) is 2.98. The first-order chi connectivity index (χ1) is 6.24. The highest BCUT2D eigenvalue weighted by atomic mass is 35.5. The molecular weight excluding hydrogens is 214 g/mol. The largest absolute Gasteiger partial charge is 0.485 e. The summed E-state index contributed by atoms with van der Waals surface area (Å²) in [5, 5.41) is 0.324. The Morgan fingerprint density at radius 2 is 2.15 bits per heavy atom. The highest BCUT2D eigenvalue weighted by molar-refractivity contribution is 6.36. The van der Waals surface area contributed by atoms with Gasteiger partial charge < -0.3 is 4.74 Å². The maximum Gasteiger partial charge on any atom is 0.165 e. The number of rotatable bonds is 3. The highest BCUT2D eigenvalue weighted by Crippen LogP contribution is 2.16. The zero-order valence-corrected chi connectivity index (χ0v) is 8.15. The molecule has 0 radical (unpaired) electrons. The van der Waals surface area contributed by atoms with E-state index in [-0.39, 0.29) is 12.4 Å². The summed E-state index contributed by atoms with van der Waals surface area (Å²) < 4.78 is 18.0. The summed E-state index contributed by atoms with van der Waals surface area (Å²) in [4.78, 5) is 0. The molecule has 0 saturated carbocycles. The van der Waals surface area contributed by atoms with E-state index in [9.17, 15) is 4.39 Å². The van der Waals surface area contributed by atoms with Gasteiger partial charge in [0.1, 0.15) is 6.61 Å². The van der Waals surface area contributed by atoms with Crippen molar-refractivity contribution in [3.05, 3.63) is 40.7 Å². The number of ether oxygens (including phenoxy) is 1. The Hall–Kier alpha value is -0.730. The fourth-order valence-corrected chi connectivity index (χ4v) is 0.858. The van der Waals surface area contributed by atoms with E-state index in [4.69, 9.17) is 27.9 Å². The third-order valence-corrected chi connectivity index (χ3v) is 1.91. The van der Waals surface area contributed by atoms with E-state index in [1.54, 1.807) is 12.1 Å². The van der Waals surface area contributed by atoms with Gasteiger partial charge in [-0.2, -0.15) is 0 Å². The molecule has 13 heavy (non-hydrogen) atoms. The summed E-state index contributed by atoms with van der Waals surface area (Å²) in [5.41, 5.74) is 1.18. The van der Waals surface area contributed by atoms with Gasteiger partial charge in [-0.3, -0.25) is 0 Å². The number of benzene rings is 1. The molecule has 0 heterocycles. The average molecular weight is 221 g/mol. The SMILES string of the molecule is Fc1ccccc1OC/C(Cl)=C/Cl. The fraction of sp³-hybridized carbons (Fsp3) is 0.111. The van der Waals surface area contributed by atoms with Crippen molar-refractivity contribution in [1.29, 1.82) is 0 Å². The van der Waals surface area contributed by atoms with Crippen LogP contribution < -0.4 is 4.74 Å². The van der Waals surface area contributed by atoms with Crippen LogP contribution in [-0.4, -0.2) is 6.61 Å². The Morgan fingerprint density at radius 3 is 2.77 bits per heavy atom. The minimum absolute atomic E-state index is 0.0754. The molecule has 1 nitrogen and oxygen atoms in total. The summed E-state index contributed by atoms with van der Waals surface area (Å²) in [6, 6.07) is 6.10. The monoisotopic (exact) mass is 220 g/mol. The Labute approximate surface area is 85.7 Å². The van der Waals surface area contributed by atoms with Crippen LogP contribution in [0.2, 0.25) is 0 Å².